The molecule has 220 valence electrons. The number of halogens is 3. The molecule has 13 heteroatoms. The number of piperazine rings is 1. The van der Waals surface area contributed by atoms with Gasteiger partial charge in [-0.15, -0.1) is 0 Å². The number of alkyl halides is 3. The van der Waals surface area contributed by atoms with E-state index in [0.717, 1.165) is 12.1 Å². The molecule has 5 rings (SSSR count). The van der Waals surface area contributed by atoms with Crippen LogP contribution in [0.2, 0.25) is 0 Å². The molecule has 3 aromatic carbocycles. The molecule has 0 aliphatic carbocycles. The van der Waals surface area contributed by atoms with E-state index in [2.05, 4.69) is 10.3 Å². The zero-order valence-electron chi connectivity index (χ0n) is 22.7. The maximum absolute atomic E-state index is 13.3. The van der Waals surface area contributed by atoms with E-state index in [1.54, 1.807) is 41.3 Å². The van der Waals surface area contributed by atoms with Crippen LogP contribution in [0.3, 0.4) is 0 Å². The van der Waals surface area contributed by atoms with Gasteiger partial charge in [-0.2, -0.15) is 17.5 Å². The van der Waals surface area contributed by atoms with E-state index >= 15 is 0 Å². The van der Waals surface area contributed by atoms with Crippen LogP contribution in [-0.2, 0) is 16.2 Å². The van der Waals surface area contributed by atoms with Gasteiger partial charge in [0.2, 0.25) is 10.0 Å². The lowest BCUT2D eigenvalue weighted by molar-refractivity contribution is -0.137. The van der Waals surface area contributed by atoms with Crippen molar-refractivity contribution in [1.29, 1.82) is 0 Å². The molecule has 0 saturated carbocycles. The Balaban J connectivity index is 1.24. The molecule has 2 heterocycles. The number of aromatic nitrogens is 1. The van der Waals surface area contributed by atoms with Crippen LogP contribution in [0.1, 0.15) is 15.9 Å². The van der Waals surface area contributed by atoms with Crippen LogP contribution in [0, 0.1) is 0 Å². The topological polar surface area (TPSA) is 101 Å². The number of carbonyl (C=O) groups excluding carboxylic acids is 1. The largest absolute Gasteiger partial charge is 0.497 e. The summed E-state index contributed by atoms with van der Waals surface area (Å²) in [5, 5.41) is 3.69. The Morgan fingerprint density at radius 3 is 2.12 bits per heavy atom. The number of benzene rings is 3. The summed E-state index contributed by atoms with van der Waals surface area (Å²) in [4.78, 5) is 18.9. The average molecular weight is 601 g/mol. The number of nitrogens with one attached hydrogen (secondary N) is 1. The second-order valence-corrected chi connectivity index (χ2v) is 11.5. The van der Waals surface area contributed by atoms with Gasteiger partial charge in [0.25, 0.3) is 5.91 Å². The summed E-state index contributed by atoms with van der Waals surface area (Å²) in [5.41, 5.74) is 1.04. The number of rotatable bonds is 7. The molecule has 0 atom stereocenters. The Hall–Kier alpha value is -4.36. The molecule has 0 radical (unpaired) electrons. The van der Waals surface area contributed by atoms with Gasteiger partial charge in [-0.25, -0.2) is 8.42 Å². The Bertz CT molecular complexity index is 1700. The van der Waals surface area contributed by atoms with Crippen molar-refractivity contribution in [3.8, 4) is 11.5 Å². The van der Waals surface area contributed by atoms with Crippen molar-refractivity contribution in [2.45, 2.75) is 11.1 Å². The van der Waals surface area contributed by atoms with Crippen molar-refractivity contribution in [3.05, 3.63) is 84.1 Å². The number of sulfonamides is 1. The third kappa shape index (κ3) is 5.97. The molecule has 42 heavy (non-hydrogen) atoms. The third-order valence-corrected chi connectivity index (χ3v) is 8.85. The van der Waals surface area contributed by atoms with Gasteiger partial charge in [-0.1, -0.05) is 6.07 Å². The fourth-order valence-electron chi connectivity index (χ4n) is 4.68. The Labute approximate surface area is 240 Å². The van der Waals surface area contributed by atoms with Gasteiger partial charge in [0, 0.05) is 72.9 Å². The molecule has 9 nitrogen and oxygen atoms in total. The van der Waals surface area contributed by atoms with Crippen LogP contribution >= 0.6 is 0 Å². The fraction of sp³-hybridized carbons (Fsp3) is 0.241. The molecule has 1 saturated heterocycles. The maximum atomic E-state index is 13.3. The van der Waals surface area contributed by atoms with Crippen LogP contribution < -0.4 is 14.8 Å². The minimum atomic E-state index is -4.47. The van der Waals surface area contributed by atoms with E-state index in [-0.39, 0.29) is 42.5 Å². The predicted molar refractivity (Wildman–Crippen MR) is 151 cm³/mol. The monoisotopic (exact) mass is 600 g/mol. The highest BCUT2D eigenvalue weighted by Crippen LogP contribution is 2.33. The number of amides is 1. The van der Waals surface area contributed by atoms with Crippen molar-refractivity contribution in [2.75, 3.05) is 45.7 Å². The van der Waals surface area contributed by atoms with E-state index in [9.17, 15) is 26.4 Å². The lowest BCUT2D eigenvalue weighted by atomic mass is 10.1. The summed E-state index contributed by atoms with van der Waals surface area (Å²) in [6, 6.07) is 16.2. The van der Waals surface area contributed by atoms with Crippen molar-refractivity contribution in [1.82, 2.24) is 14.2 Å². The van der Waals surface area contributed by atoms with E-state index in [0.29, 0.717) is 33.8 Å². The maximum Gasteiger partial charge on any atom is 0.416 e. The van der Waals surface area contributed by atoms with Crippen molar-refractivity contribution in [3.63, 3.8) is 0 Å². The van der Waals surface area contributed by atoms with Crippen LogP contribution in [0.15, 0.2) is 77.8 Å². The molecule has 1 amide bonds. The molecule has 0 bridgehead atoms. The third-order valence-electron chi connectivity index (χ3n) is 6.97. The number of pyridine rings is 1. The summed E-state index contributed by atoms with van der Waals surface area (Å²) >= 11 is 0. The molecule has 1 N–H and O–H groups in total. The quantitative estimate of drug-likeness (QED) is 0.313. The van der Waals surface area contributed by atoms with Crippen LogP contribution in [-0.4, -0.2) is 68.9 Å². The van der Waals surface area contributed by atoms with Gasteiger partial charge in [0.15, 0.2) is 0 Å². The zero-order chi connectivity index (χ0) is 30.1. The normalized spacial score (nSPS) is 14.5. The van der Waals surface area contributed by atoms with Crippen molar-refractivity contribution in [2.24, 2.45) is 0 Å². The first-order chi connectivity index (χ1) is 20.0. The number of nitrogens with zero attached hydrogens (tertiary/aromatic N) is 3. The Kier molecular flexibility index (Phi) is 7.97. The smallest absolute Gasteiger partial charge is 0.416 e. The number of anilines is 2. The van der Waals surface area contributed by atoms with E-state index in [1.807, 2.05) is 0 Å². The minimum Gasteiger partial charge on any atom is -0.497 e. The van der Waals surface area contributed by atoms with Gasteiger partial charge >= 0.3 is 6.18 Å². The molecule has 1 aliphatic heterocycles. The lowest BCUT2D eigenvalue weighted by Crippen LogP contribution is -2.50. The summed E-state index contributed by atoms with van der Waals surface area (Å²) in [6.07, 6.45) is -3.04. The number of fused-ring (bicyclic) bond motifs is 1. The average Bonchev–Trinajstić information content (AvgIpc) is 3.00. The van der Waals surface area contributed by atoms with Crippen LogP contribution in [0.25, 0.3) is 10.9 Å². The molecule has 0 spiro atoms. The Morgan fingerprint density at radius 1 is 0.881 bits per heavy atom. The second-order valence-electron chi connectivity index (χ2n) is 9.54. The van der Waals surface area contributed by atoms with Gasteiger partial charge in [-0.05, 0) is 42.5 Å². The molecule has 1 fully saturated rings. The first-order valence-corrected chi connectivity index (χ1v) is 14.3. The highest BCUT2D eigenvalue weighted by atomic mass is 32.2. The zero-order valence-corrected chi connectivity index (χ0v) is 23.5. The first-order valence-electron chi connectivity index (χ1n) is 12.8. The Morgan fingerprint density at radius 2 is 1.52 bits per heavy atom. The van der Waals surface area contributed by atoms with E-state index in [1.165, 1.54) is 42.9 Å². The van der Waals surface area contributed by atoms with Gasteiger partial charge in [0.1, 0.15) is 11.5 Å². The van der Waals surface area contributed by atoms with Crippen molar-refractivity contribution >= 4 is 38.2 Å². The summed E-state index contributed by atoms with van der Waals surface area (Å²) in [5.74, 6) is 0.468. The number of ether oxygens (including phenoxy) is 2. The van der Waals surface area contributed by atoms with Gasteiger partial charge in [-0.3, -0.25) is 9.78 Å². The predicted octanol–water partition coefficient (Wildman–Crippen LogP) is 5.16. The molecule has 1 aromatic heterocycles. The van der Waals surface area contributed by atoms with Crippen LogP contribution in [0.4, 0.5) is 24.5 Å². The molecular formula is C29H27F3N4O5S. The molecule has 1 aliphatic rings. The highest BCUT2D eigenvalue weighted by Gasteiger charge is 2.32. The van der Waals surface area contributed by atoms with E-state index in [4.69, 9.17) is 9.47 Å². The number of hydrogen-bond acceptors (Lipinski definition) is 7. The molecule has 4 aromatic rings. The SMILES string of the molecule is COc1cc(OC)cc(S(=O)(=O)N2CCN(C(=O)c3ccc(Nc4ccnc5cc(C(F)(F)F)ccc45)cc3)CC2)c1. The molecular weight excluding hydrogens is 573 g/mol. The summed E-state index contributed by atoms with van der Waals surface area (Å²) < 4.78 is 77.5. The van der Waals surface area contributed by atoms with Gasteiger partial charge in [0.05, 0.1) is 30.2 Å². The molecule has 0 unspecified atom stereocenters. The number of methoxy groups -OCH3 is 2. The second kappa shape index (κ2) is 11.5. The number of carbonyl (C=O) groups is 1. The summed E-state index contributed by atoms with van der Waals surface area (Å²) in [7, 11) is -0.955. The number of hydrogen-bond donors (Lipinski definition) is 1. The van der Waals surface area contributed by atoms with Crippen LogP contribution in [0.5, 0.6) is 11.5 Å². The first kappa shape index (κ1) is 29.1. The lowest BCUT2D eigenvalue weighted by Gasteiger charge is -2.34. The fourth-order valence-corrected chi connectivity index (χ4v) is 6.15. The van der Waals surface area contributed by atoms with E-state index < -0.39 is 21.8 Å². The minimum absolute atomic E-state index is 0.0457. The summed E-state index contributed by atoms with van der Waals surface area (Å²) in [6.45, 7) is 0.668. The standard InChI is InChI=1S/C29H27F3N4O5S/c1-40-22-16-23(41-2)18-24(17-22)42(38,39)36-13-11-35(12-14-36)28(37)19-3-6-21(7-4-19)34-26-9-10-33-27-15-20(29(30,31)32)5-8-25(26)27/h3-10,15-18H,11-14H2,1-2H3,(H,33,34). The van der Waals surface area contributed by atoms with Crippen molar-refractivity contribution < 1.29 is 35.9 Å². The van der Waals surface area contributed by atoms with Gasteiger partial charge < -0.3 is 19.7 Å². The highest BCUT2D eigenvalue weighted by molar-refractivity contribution is 7.89.